The van der Waals surface area contributed by atoms with Gasteiger partial charge in [0.05, 0.1) is 11.2 Å². The molecule has 0 amide bonds. The number of hydrogen-bond donors (Lipinski definition) is 0. The molecule has 0 saturated carbocycles. The Labute approximate surface area is 142 Å². The van der Waals surface area contributed by atoms with Crippen LogP contribution >= 0.6 is 15.9 Å². The zero-order chi connectivity index (χ0) is 15.8. The second-order valence-electron chi connectivity index (χ2n) is 5.23. The van der Waals surface area contributed by atoms with E-state index in [1.165, 1.54) is 0 Å². The van der Waals surface area contributed by atoms with Crippen LogP contribution in [0.15, 0.2) is 59.5 Å². The van der Waals surface area contributed by atoms with Crippen molar-refractivity contribution in [3.8, 4) is 22.5 Å². The summed E-state index contributed by atoms with van der Waals surface area (Å²) in [5.41, 5.74) is 4.71. The first-order chi connectivity index (χ1) is 11.2. The summed E-state index contributed by atoms with van der Waals surface area (Å²) >= 11 is 3.44. The highest BCUT2D eigenvalue weighted by atomic mass is 79.9. The number of aromatic nitrogens is 4. The first-order valence-electron chi connectivity index (χ1n) is 7.14. The van der Waals surface area contributed by atoms with Crippen LogP contribution in [0.5, 0.6) is 0 Å². The topological polar surface area (TPSA) is 43.6 Å². The minimum absolute atomic E-state index is 0.866. The van der Waals surface area contributed by atoms with Gasteiger partial charge >= 0.3 is 0 Å². The fourth-order valence-electron chi connectivity index (χ4n) is 2.65. The summed E-state index contributed by atoms with van der Waals surface area (Å²) < 4.78 is 2.69. The lowest BCUT2D eigenvalue weighted by molar-refractivity contribution is 0.771. The van der Waals surface area contributed by atoms with Crippen LogP contribution < -0.4 is 0 Å². The molecule has 0 unspecified atom stereocenters. The Balaban J connectivity index is 1.99. The highest BCUT2D eigenvalue weighted by Gasteiger charge is 2.16. The Hall–Kier alpha value is -2.53. The summed E-state index contributed by atoms with van der Waals surface area (Å²) in [6.45, 7) is 0. The van der Waals surface area contributed by atoms with E-state index >= 15 is 0 Å². The maximum Gasteiger partial charge on any atom is 0.116 e. The second kappa shape index (κ2) is 5.59. The van der Waals surface area contributed by atoms with Crippen molar-refractivity contribution in [1.29, 1.82) is 0 Å². The van der Waals surface area contributed by atoms with E-state index in [1.54, 1.807) is 6.33 Å². The van der Waals surface area contributed by atoms with Crippen molar-refractivity contribution in [3.63, 3.8) is 0 Å². The molecule has 0 fully saturated rings. The third-order valence-electron chi connectivity index (χ3n) is 3.66. The van der Waals surface area contributed by atoms with Gasteiger partial charge in [0.15, 0.2) is 0 Å². The van der Waals surface area contributed by atoms with E-state index in [9.17, 15) is 0 Å². The molecular weight excluding hydrogens is 352 g/mol. The minimum Gasteiger partial charge on any atom is -0.274 e. The quantitative estimate of drug-likeness (QED) is 0.534. The van der Waals surface area contributed by atoms with Crippen molar-refractivity contribution in [1.82, 2.24) is 19.7 Å². The Morgan fingerprint density at radius 2 is 1.91 bits per heavy atom. The average Bonchev–Trinajstić information content (AvgIpc) is 2.96. The van der Waals surface area contributed by atoms with E-state index in [2.05, 4.69) is 49.2 Å². The fourth-order valence-corrected chi connectivity index (χ4v) is 2.99. The largest absolute Gasteiger partial charge is 0.274 e. The van der Waals surface area contributed by atoms with Gasteiger partial charge < -0.3 is 0 Å². The van der Waals surface area contributed by atoms with Gasteiger partial charge in [0.25, 0.3) is 0 Å². The summed E-state index contributed by atoms with van der Waals surface area (Å²) in [5.74, 6) is 0. The Morgan fingerprint density at radius 1 is 1.09 bits per heavy atom. The van der Waals surface area contributed by atoms with Gasteiger partial charge in [0.2, 0.25) is 0 Å². The molecule has 0 aliphatic heterocycles. The van der Waals surface area contributed by atoms with E-state index in [4.69, 9.17) is 0 Å². The highest BCUT2D eigenvalue weighted by Crippen LogP contribution is 2.33. The van der Waals surface area contributed by atoms with Crippen molar-refractivity contribution in [2.45, 2.75) is 0 Å². The van der Waals surface area contributed by atoms with Crippen LogP contribution in [0.3, 0.4) is 0 Å². The molecule has 0 spiro atoms. The summed E-state index contributed by atoms with van der Waals surface area (Å²) in [4.78, 5) is 8.86. The molecule has 2 aromatic heterocycles. The smallest absolute Gasteiger partial charge is 0.116 e. The molecule has 5 heteroatoms. The molecule has 0 atom stereocenters. The average molecular weight is 364 g/mol. The molecule has 2 heterocycles. The first-order valence-corrected chi connectivity index (χ1v) is 7.93. The van der Waals surface area contributed by atoms with E-state index < -0.39 is 0 Å². The lowest BCUT2D eigenvalue weighted by Gasteiger charge is -2.06. The molecule has 111 valence electrons. The Bertz CT molecular complexity index is 993. The van der Waals surface area contributed by atoms with Crippen LogP contribution in [0.1, 0.15) is 0 Å². The van der Waals surface area contributed by atoms with Crippen molar-refractivity contribution in [3.05, 3.63) is 65.5 Å². The van der Waals surface area contributed by atoms with E-state index in [0.29, 0.717) is 0 Å². The number of fused-ring (bicyclic) bond motifs is 1. The number of rotatable bonds is 2. The van der Waals surface area contributed by atoms with Crippen molar-refractivity contribution in [2.24, 2.45) is 7.05 Å². The van der Waals surface area contributed by atoms with Crippen molar-refractivity contribution < 1.29 is 0 Å². The summed E-state index contributed by atoms with van der Waals surface area (Å²) in [6, 6.07) is 17.1. The highest BCUT2D eigenvalue weighted by molar-refractivity contribution is 9.10. The molecule has 4 nitrogen and oxygen atoms in total. The van der Waals surface area contributed by atoms with Crippen molar-refractivity contribution >= 4 is 26.8 Å². The molecule has 23 heavy (non-hydrogen) atoms. The summed E-state index contributed by atoms with van der Waals surface area (Å²) in [6.07, 6.45) is 3.58. The molecule has 2 aromatic carbocycles. The zero-order valence-corrected chi connectivity index (χ0v) is 13.9. The van der Waals surface area contributed by atoms with Gasteiger partial charge in [-0.25, -0.2) is 9.97 Å². The number of hydrogen-bond acceptors (Lipinski definition) is 3. The van der Waals surface area contributed by atoms with Crippen LogP contribution in [0.4, 0.5) is 0 Å². The maximum atomic E-state index is 4.62. The predicted molar refractivity (Wildman–Crippen MR) is 93.7 cm³/mol. The van der Waals surface area contributed by atoms with Gasteiger partial charge in [-0.1, -0.05) is 46.3 Å². The van der Waals surface area contributed by atoms with Gasteiger partial charge in [-0.05, 0) is 18.2 Å². The van der Waals surface area contributed by atoms with Gasteiger partial charge in [0, 0.05) is 34.2 Å². The van der Waals surface area contributed by atoms with Crippen LogP contribution in [-0.2, 0) is 7.05 Å². The predicted octanol–water partition coefficient (Wildman–Crippen LogP) is 4.26. The summed E-state index contributed by atoms with van der Waals surface area (Å²) in [7, 11) is 1.92. The number of aryl methyl sites for hydroxylation is 1. The molecule has 0 aliphatic rings. The Kier molecular flexibility index (Phi) is 3.42. The Morgan fingerprint density at radius 3 is 2.74 bits per heavy atom. The van der Waals surface area contributed by atoms with Crippen LogP contribution in [-0.4, -0.2) is 19.7 Å². The van der Waals surface area contributed by atoms with E-state index in [1.807, 2.05) is 48.3 Å². The third-order valence-corrected chi connectivity index (χ3v) is 4.12. The minimum atomic E-state index is 0.866. The zero-order valence-electron chi connectivity index (χ0n) is 12.4. The number of halogens is 1. The van der Waals surface area contributed by atoms with Crippen LogP contribution in [0.2, 0.25) is 0 Å². The van der Waals surface area contributed by atoms with Crippen LogP contribution in [0.25, 0.3) is 33.4 Å². The van der Waals surface area contributed by atoms with Crippen LogP contribution in [0, 0.1) is 6.07 Å². The molecule has 1 radical (unpaired) electrons. The molecule has 0 N–H and O–H groups in total. The SMILES string of the molecule is Cn1cc(-c2ncnc3cc(Br)[c]cc23)c(-c2ccccc2)n1. The molecular formula is C18H12BrN4. The monoisotopic (exact) mass is 363 g/mol. The summed E-state index contributed by atoms with van der Waals surface area (Å²) in [5, 5.41) is 5.58. The van der Waals surface area contributed by atoms with Gasteiger partial charge in [0.1, 0.15) is 12.0 Å². The standard InChI is InChI=1S/C18H12BrN4/c1-23-10-15(17(22-23)12-5-3-2-4-6-12)18-14-8-7-13(19)9-16(14)20-11-21-18/h2-6,8-11H,1H3. The third kappa shape index (κ3) is 2.53. The molecule has 0 saturated heterocycles. The maximum absolute atomic E-state index is 4.62. The normalized spacial score (nSPS) is 11.0. The second-order valence-corrected chi connectivity index (χ2v) is 6.09. The van der Waals surface area contributed by atoms with Crippen molar-refractivity contribution in [2.75, 3.05) is 0 Å². The fraction of sp³-hybridized carbons (Fsp3) is 0.0556. The lowest BCUT2D eigenvalue weighted by Crippen LogP contribution is -1.90. The molecule has 4 aromatic rings. The lowest BCUT2D eigenvalue weighted by atomic mass is 10.0. The number of nitrogens with zero attached hydrogens (tertiary/aromatic N) is 4. The van der Waals surface area contributed by atoms with Gasteiger partial charge in [-0.15, -0.1) is 0 Å². The van der Waals surface area contributed by atoms with E-state index in [-0.39, 0.29) is 0 Å². The van der Waals surface area contributed by atoms with Gasteiger partial charge in [-0.3, -0.25) is 4.68 Å². The van der Waals surface area contributed by atoms with E-state index in [0.717, 1.165) is 37.9 Å². The van der Waals surface area contributed by atoms with Gasteiger partial charge in [-0.2, -0.15) is 5.10 Å². The molecule has 0 bridgehead atoms. The first kappa shape index (κ1) is 14.1. The number of benzene rings is 2. The molecule has 4 rings (SSSR count). The molecule has 0 aliphatic carbocycles.